The molecular weight excluding hydrogens is 337 g/mol. The molecule has 0 aliphatic heterocycles. The van der Waals surface area contributed by atoms with Gasteiger partial charge in [-0.3, -0.25) is 0 Å². The van der Waals surface area contributed by atoms with Crippen LogP contribution in [0.2, 0.25) is 0 Å². The van der Waals surface area contributed by atoms with Crippen LogP contribution in [0.15, 0.2) is 29.3 Å². The standard InChI is InChI=1S/C14H23N3.HI/c1-4-10-16-14(15-5-2)17-11-13-8-6-12(3)7-9-13;/h6-9H,4-5,10-11H2,1-3H3,(H2,15,16,17);1H. The fourth-order valence-electron chi connectivity index (χ4n) is 1.45. The van der Waals surface area contributed by atoms with Crippen LogP contribution in [0.5, 0.6) is 0 Å². The van der Waals surface area contributed by atoms with E-state index in [1.165, 1.54) is 11.1 Å². The van der Waals surface area contributed by atoms with Crippen molar-refractivity contribution >= 4 is 29.9 Å². The normalized spacial score (nSPS) is 10.7. The van der Waals surface area contributed by atoms with Crippen molar-refractivity contribution < 1.29 is 0 Å². The van der Waals surface area contributed by atoms with Gasteiger partial charge in [0.1, 0.15) is 0 Å². The lowest BCUT2D eigenvalue weighted by atomic mass is 10.1. The van der Waals surface area contributed by atoms with Gasteiger partial charge in [0.2, 0.25) is 0 Å². The molecule has 0 saturated carbocycles. The number of benzene rings is 1. The minimum atomic E-state index is 0. The summed E-state index contributed by atoms with van der Waals surface area (Å²) in [4.78, 5) is 4.55. The van der Waals surface area contributed by atoms with Gasteiger partial charge in [-0.2, -0.15) is 0 Å². The molecule has 0 bridgehead atoms. The number of aliphatic imine (C=N–C) groups is 1. The van der Waals surface area contributed by atoms with E-state index in [2.05, 4.69) is 60.7 Å². The summed E-state index contributed by atoms with van der Waals surface area (Å²) in [7, 11) is 0. The molecule has 1 rings (SSSR count). The Bertz CT molecular complexity index is 347. The molecule has 102 valence electrons. The molecule has 0 spiro atoms. The van der Waals surface area contributed by atoms with Crippen molar-refractivity contribution in [1.82, 2.24) is 10.6 Å². The first kappa shape index (κ1) is 17.2. The zero-order valence-electron chi connectivity index (χ0n) is 11.5. The number of hydrogen-bond acceptors (Lipinski definition) is 1. The van der Waals surface area contributed by atoms with Gasteiger partial charge in [0, 0.05) is 13.1 Å². The van der Waals surface area contributed by atoms with Crippen molar-refractivity contribution in [2.45, 2.75) is 33.7 Å². The van der Waals surface area contributed by atoms with Crippen molar-refractivity contribution in [3.8, 4) is 0 Å². The topological polar surface area (TPSA) is 36.4 Å². The Morgan fingerprint density at radius 2 is 1.78 bits per heavy atom. The number of halogens is 1. The number of nitrogens with one attached hydrogen (secondary N) is 2. The third-order valence-electron chi connectivity index (χ3n) is 2.43. The molecule has 0 aromatic heterocycles. The molecule has 0 fully saturated rings. The molecule has 0 heterocycles. The van der Waals surface area contributed by atoms with Gasteiger partial charge in [-0.15, -0.1) is 24.0 Å². The third-order valence-corrected chi connectivity index (χ3v) is 2.43. The van der Waals surface area contributed by atoms with E-state index in [1.54, 1.807) is 0 Å². The summed E-state index contributed by atoms with van der Waals surface area (Å²) in [5.74, 6) is 0.898. The van der Waals surface area contributed by atoms with E-state index in [0.29, 0.717) is 0 Å². The summed E-state index contributed by atoms with van der Waals surface area (Å²) >= 11 is 0. The molecule has 3 nitrogen and oxygen atoms in total. The lowest BCUT2D eigenvalue weighted by molar-refractivity contribution is 0.785. The molecule has 1 aromatic rings. The molecule has 1 aromatic carbocycles. The lowest BCUT2D eigenvalue weighted by Gasteiger charge is -2.10. The first-order valence-corrected chi connectivity index (χ1v) is 6.34. The summed E-state index contributed by atoms with van der Waals surface area (Å²) in [6, 6.07) is 8.50. The largest absolute Gasteiger partial charge is 0.357 e. The molecule has 2 N–H and O–H groups in total. The Kier molecular flexibility index (Phi) is 9.73. The SMILES string of the molecule is CCCNC(=NCc1ccc(C)cc1)NCC.I. The molecule has 0 aliphatic carbocycles. The number of aryl methyl sites for hydroxylation is 1. The molecule has 18 heavy (non-hydrogen) atoms. The molecule has 0 atom stereocenters. The smallest absolute Gasteiger partial charge is 0.191 e. The maximum Gasteiger partial charge on any atom is 0.191 e. The molecular formula is C14H24IN3. The van der Waals surface area contributed by atoms with Gasteiger partial charge in [0.05, 0.1) is 6.54 Å². The predicted octanol–water partition coefficient (Wildman–Crippen LogP) is 3.08. The van der Waals surface area contributed by atoms with E-state index in [-0.39, 0.29) is 24.0 Å². The summed E-state index contributed by atoms with van der Waals surface area (Å²) in [6.07, 6.45) is 1.11. The minimum absolute atomic E-state index is 0. The van der Waals surface area contributed by atoms with E-state index >= 15 is 0 Å². The zero-order valence-corrected chi connectivity index (χ0v) is 13.8. The molecule has 0 unspecified atom stereocenters. The monoisotopic (exact) mass is 361 g/mol. The van der Waals surface area contributed by atoms with Crippen molar-refractivity contribution in [1.29, 1.82) is 0 Å². The third kappa shape index (κ3) is 6.83. The maximum absolute atomic E-state index is 4.55. The first-order chi connectivity index (χ1) is 8.26. The lowest BCUT2D eigenvalue weighted by Crippen LogP contribution is -2.37. The van der Waals surface area contributed by atoms with Gasteiger partial charge in [-0.25, -0.2) is 4.99 Å². The highest BCUT2D eigenvalue weighted by Crippen LogP contribution is 2.04. The Balaban J connectivity index is 0.00000289. The van der Waals surface area contributed by atoms with Gasteiger partial charge in [-0.1, -0.05) is 36.8 Å². The summed E-state index contributed by atoms with van der Waals surface area (Å²) in [6.45, 7) is 8.90. The molecule has 0 radical (unpaired) electrons. The number of hydrogen-bond donors (Lipinski definition) is 2. The van der Waals surface area contributed by atoms with Crippen LogP contribution in [-0.4, -0.2) is 19.0 Å². The highest BCUT2D eigenvalue weighted by Gasteiger charge is 1.96. The summed E-state index contributed by atoms with van der Waals surface area (Å²) in [5.41, 5.74) is 2.53. The van der Waals surface area contributed by atoms with E-state index in [4.69, 9.17) is 0 Å². The van der Waals surface area contributed by atoms with E-state index in [1.807, 2.05) is 0 Å². The van der Waals surface area contributed by atoms with Gasteiger partial charge >= 0.3 is 0 Å². The van der Waals surface area contributed by atoms with Gasteiger partial charge < -0.3 is 10.6 Å². The van der Waals surface area contributed by atoms with Crippen LogP contribution in [0.25, 0.3) is 0 Å². The van der Waals surface area contributed by atoms with E-state index in [9.17, 15) is 0 Å². The number of rotatable bonds is 5. The van der Waals surface area contributed by atoms with Crippen molar-refractivity contribution in [2.24, 2.45) is 4.99 Å². The highest BCUT2D eigenvalue weighted by atomic mass is 127. The average molecular weight is 361 g/mol. The van der Waals surface area contributed by atoms with Gasteiger partial charge in [0.25, 0.3) is 0 Å². The fourth-order valence-corrected chi connectivity index (χ4v) is 1.45. The summed E-state index contributed by atoms with van der Waals surface area (Å²) < 4.78 is 0. The number of nitrogens with zero attached hydrogens (tertiary/aromatic N) is 1. The molecule has 0 saturated heterocycles. The van der Waals surface area contributed by atoms with Crippen LogP contribution >= 0.6 is 24.0 Å². The second-order valence-electron chi connectivity index (χ2n) is 4.11. The van der Waals surface area contributed by atoms with Crippen LogP contribution in [0, 0.1) is 6.92 Å². The number of guanidine groups is 1. The van der Waals surface area contributed by atoms with E-state index < -0.39 is 0 Å². The molecule has 0 aliphatic rings. The van der Waals surface area contributed by atoms with Crippen molar-refractivity contribution in [3.63, 3.8) is 0 Å². The van der Waals surface area contributed by atoms with Crippen molar-refractivity contribution in [2.75, 3.05) is 13.1 Å². The highest BCUT2D eigenvalue weighted by molar-refractivity contribution is 14.0. The van der Waals surface area contributed by atoms with Crippen LogP contribution in [0.4, 0.5) is 0 Å². The van der Waals surface area contributed by atoms with Crippen molar-refractivity contribution in [3.05, 3.63) is 35.4 Å². The fraction of sp³-hybridized carbons (Fsp3) is 0.500. The molecule has 4 heteroatoms. The zero-order chi connectivity index (χ0) is 12.5. The molecule has 0 amide bonds. The maximum atomic E-state index is 4.55. The van der Waals surface area contributed by atoms with Crippen LogP contribution < -0.4 is 10.6 Å². The average Bonchev–Trinajstić information content (AvgIpc) is 2.35. The van der Waals surface area contributed by atoms with Crippen LogP contribution in [0.1, 0.15) is 31.4 Å². The second kappa shape index (κ2) is 10.2. The Morgan fingerprint density at radius 3 is 2.33 bits per heavy atom. The van der Waals surface area contributed by atoms with Gasteiger partial charge in [-0.05, 0) is 25.8 Å². The Hall–Kier alpha value is -0.780. The summed E-state index contributed by atoms with van der Waals surface area (Å²) in [5, 5.41) is 6.53. The second-order valence-corrected chi connectivity index (χ2v) is 4.11. The minimum Gasteiger partial charge on any atom is -0.357 e. The Morgan fingerprint density at radius 1 is 1.11 bits per heavy atom. The van der Waals surface area contributed by atoms with E-state index in [0.717, 1.165) is 32.0 Å². The van der Waals surface area contributed by atoms with Crippen LogP contribution in [0.3, 0.4) is 0 Å². The first-order valence-electron chi connectivity index (χ1n) is 6.34. The van der Waals surface area contributed by atoms with Gasteiger partial charge in [0.15, 0.2) is 5.96 Å². The quantitative estimate of drug-likeness (QED) is 0.481. The predicted molar refractivity (Wildman–Crippen MR) is 89.7 cm³/mol. The van der Waals surface area contributed by atoms with Crippen LogP contribution in [-0.2, 0) is 6.54 Å². The Labute approximate surface area is 127 Å².